The molecule has 230 valence electrons. The Hall–Kier alpha value is -7.39. The molecule has 2 aromatic heterocycles. The van der Waals surface area contributed by atoms with Gasteiger partial charge in [-0.3, -0.25) is 0 Å². The third-order valence-electron chi connectivity index (χ3n) is 9.60. The van der Waals surface area contributed by atoms with Gasteiger partial charge in [0.15, 0.2) is 11.4 Å². The quantitative estimate of drug-likeness (QED) is 0.177. The van der Waals surface area contributed by atoms with E-state index in [1.165, 1.54) is 0 Å². The zero-order valence-corrected chi connectivity index (χ0v) is 26.7. The standard InChI is InChI=1S/C45H25N5/c1-47-32-19-22-37(45(27-32)50-42-13-7-3-9-34(42)35-10-4-8-14-43(35)50)38-26-31(18-23-40(38)48-2)30-16-20-33(21-17-30)49-41-12-6-5-11-36(41)39-25-29(28-46)15-24-44(39)49/h3-27H. The van der Waals surface area contributed by atoms with Crippen molar-refractivity contribution < 1.29 is 0 Å². The SMILES string of the molecule is [C-]#[N+]c1ccc(-c2cc(-c3ccc(-n4c5ccccc5c5cc(C#N)ccc54)cc3)ccc2[N+]#[C-])c(-n2c3ccccc3c3ccccc32)c1. The van der Waals surface area contributed by atoms with Crippen molar-refractivity contribution in [2.75, 3.05) is 0 Å². The maximum atomic E-state index is 9.54. The predicted octanol–water partition coefficient (Wildman–Crippen LogP) is 12.2. The molecule has 9 rings (SSSR count). The summed E-state index contributed by atoms with van der Waals surface area (Å²) >= 11 is 0. The molecule has 0 amide bonds. The van der Waals surface area contributed by atoms with Crippen molar-refractivity contribution >= 4 is 55.0 Å². The van der Waals surface area contributed by atoms with E-state index in [1.807, 2.05) is 84.9 Å². The topological polar surface area (TPSA) is 42.4 Å². The number of aromatic nitrogens is 2. The maximum Gasteiger partial charge on any atom is 0.195 e. The summed E-state index contributed by atoms with van der Waals surface area (Å²) in [5.74, 6) is 0. The van der Waals surface area contributed by atoms with Gasteiger partial charge in [0.1, 0.15) is 0 Å². The molecule has 0 aliphatic rings. The fraction of sp³-hybridized carbons (Fsp3) is 0. The second-order valence-corrected chi connectivity index (χ2v) is 12.3. The van der Waals surface area contributed by atoms with Crippen molar-refractivity contribution in [1.29, 1.82) is 5.26 Å². The Balaban J connectivity index is 1.20. The molecule has 0 aliphatic carbocycles. The Morgan fingerprint density at radius 2 is 1.08 bits per heavy atom. The molecule has 0 spiro atoms. The molecular weight excluding hydrogens is 611 g/mol. The van der Waals surface area contributed by atoms with Gasteiger partial charge in [-0.15, -0.1) is 0 Å². The second kappa shape index (κ2) is 11.4. The summed E-state index contributed by atoms with van der Waals surface area (Å²) in [5, 5.41) is 14.0. The predicted molar refractivity (Wildman–Crippen MR) is 203 cm³/mol. The van der Waals surface area contributed by atoms with Crippen molar-refractivity contribution in [2.45, 2.75) is 0 Å². The van der Waals surface area contributed by atoms with Crippen LogP contribution in [-0.4, -0.2) is 9.13 Å². The highest BCUT2D eigenvalue weighted by atomic mass is 15.0. The van der Waals surface area contributed by atoms with Crippen LogP contribution in [0.5, 0.6) is 0 Å². The molecule has 0 saturated carbocycles. The van der Waals surface area contributed by atoms with Gasteiger partial charge in [0, 0.05) is 32.9 Å². The normalized spacial score (nSPS) is 11.1. The van der Waals surface area contributed by atoms with Crippen molar-refractivity contribution in [1.82, 2.24) is 9.13 Å². The van der Waals surface area contributed by atoms with Gasteiger partial charge in [0.05, 0.1) is 46.8 Å². The van der Waals surface area contributed by atoms with Gasteiger partial charge in [-0.05, 0) is 76.9 Å². The molecular formula is C45H25N5. The summed E-state index contributed by atoms with van der Waals surface area (Å²) < 4.78 is 4.45. The van der Waals surface area contributed by atoms with Crippen LogP contribution in [0.4, 0.5) is 11.4 Å². The Bertz CT molecular complexity index is 2900. The van der Waals surface area contributed by atoms with Crippen molar-refractivity contribution in [3.05, 3.63) is 180 Å². The Kier molecular flexibility index (Phi) is 6.56. The molecule has 0 fully saturated rings. The summed E-state index contributed by atoms with van der Waals surface area (Å²) in [7, 11) is 0. The highest BCUT2D eigenvalue weighted by Gasteiger charge is 2.19. The first-order chi connectivity index (χ1) is 24.7. The van der Waals surface area contributed by atoms with Gasteiger partial charge in [-0.25, -0.2) is 9.69 Å². The monoisotopic (exact) mass is 635 g/mol. The van der Waals surface area contributed by atoms with Crippen LogP contribution >= 0.6 is 0 Å². The summed E-state index contributed by atoms with van der Waals surface area (Å²) in [5.41, 5.74) is 11.5. The zero-order valence-electron chi connectivity index (χ0n) is 26.7. The first-order valence-corrected chi connectivity index (χ1v) is 16.2. The molecule has 2 heterocycles. The van der Waals surface area contributed by atoms with Crippen LogP contribution in [0.15, 0.2) is 152 Å². The zero-order chi connectivity index (χ0) is 33.8. The van der Waals surface area contributed by atoms with Gasteiger partial charge in [-0.2, -0.15) is 5.26 Å². The average molecular weight is 636 g/mol. The minimum atomic E-state index is 0.538. The van der Waals surface area contributed by atoms with E-state index < -0.39 is 0 Å². The van der Waals surface area contributed by atoms with E-state index in [2.05, 4.69) is 91.6 Å². The fourth-order valence-corrected chi connectivity index (χ4v) is 7.34. The van der Waals surface area contributed by atoms with E-state index in [-0.39, 0.29) is 0 Å². The van der Waals surface area contributed by atoms with Crippen molar-refractivity contribution in [3.63, 3.8) is 0 Å². The van der Waals surface area contributed by atoms with Gasteiger partial charge in [0.25, 0.3) is 0 Å². The van der Waals surface area contributed by atoms with Crippen LogP contribution in [-0.2, 0) is 0 Å². The second-order valence-electron chi connectivity index (χ2n) is 12.3. The highest BCUT2D eigenvalue weighted by Crippen LogP contribution is 2.42. The summed E-state index contributed by atoms with van der Waals surface area (Å²) in [6, 6.07) is 53.2. The van der Waals surface area contributed by atoms with E-state index in [0.717, 1.165) is 77.2 Å². The number of nitrogens with zero attached hydrogens (tertiary/aromatic N) is 5. The molecule has 5 heteroatoms. The van der Waals surface area contributed by atoms with Crippen molar-refractivity contribution in [2.24, 2.45) is 0 Å². The third-order valence-corrected chi connectivity index (χ3v) is 9.60. The molecule has 9 aromatic rings. The third kappa shape index (κ3) is 4.38. The van der Waals surface area contributed by atoms with E-state index in [4.69, 9.17) is 13.1 Å². The van der Waals surface area contributed by atoms with Crippen LogP contribution in [0, 0.1) is 24.5 Å². The Morgan fingerprint density at radius 1 is 0.480 bits per heavy atom. The summed E-state index contributed by atoms with van der Waals surface area (Å²) in [4.78, 5) is 7.73. The maximum absolute atomic E-state index is 9.54. The molecule has 0 aliphatic heterocycles. The van der Waals surface area contributed by atoms with Gasteiger partial charge >= 0.3 is 0 Å². The van der Waals surface area contributed by atoms with E-state index in [9.17, 15) is 5.26 Å². The Morgan fingerprint density at radius 3 is 1.72 bits per heavy atom. The molecule has 50 heavy (non-hydrogen) atoms. The number of nitriles is 1. The van der Waals surface area contributed by atoms with Crippen LogP contribution < -0.4 is 0 Å². The number of rotatable bonds is 4. The smallest absolute Gasteiger partial charge is 0.195 e. The first-order valence-electron chi connectivity index (χ1n) is 16.2. The number of hydrogen-bond acceptors (Lipinski definition) is 1. The highest BCUT2D eigenvalue weighted by molar-refractivity contribution is 6.11. The molecule has 0 radical (unpaired) electrons. The molecule has 0 bridgehead atoms. The first kappa shape index (κ1) is 28.8. The largest absolute Gasteiger partial charge is 0.310 e. The molecule has 0 N–H and O–H groups in total. The lowest BCUT2D eigenvalue weighted by atomic mass is 9.95. The molecule has 0 atom stereocenters. The Labute approximate surface area is 288 Å². The van der Waals surface area contributed by atoms with Crippen LogP contribution in [0.1, 0.15) is 5.56 Å². The van der Waals surface area contributed by atoms with E-state index in [0.29, 0.717) is 16.9 Å². The van der Waals surface area contributed by atoms with E-state index >= 15 is 0 Å². The van der Waals surface area contributed by atoms with Crippen molar-refractivity contribution in [3.8, 4) is 39.7 Å². The average Bonchev–Trinajstić information content (AvgIpc) is 3.70. The molecule has 5 nitrogen and oxygen atoms in total. The lowest BCUT2D eigenvalue weighted by Crippen LogP contribution is -1.97. The van der Waals surface area contributed by atoms with Gasteiger partial charge < -0.3 is 9.13 Å². The minimum absolute atomic E-state index is 0.538. The van der Waals surface area contributed by atoms with Crippen LogP contribution in [0.25, 0.3) is 86.9 Å². The molecule has 0 unspecified atom stereocenters. The number of fused-ring (bicyclic) bond motifs is 6. The summed E-state index contributed by atoms with van der Waals surface area (Å²) in [6.45, 7) is 15.9. The number of benzene rings is 7. The lowest BCUT2D eigenvalue weighted by Gasteiger charge is -2.17. The minimum Gasteiger partial charge on any atom is -0.310 e. The van der Waals surface area contributed by atoms with Crippen LogP contribution in [0.3, 0.4) is 0 Å². The number of hydrogen-bond donors (Lipinski definition) is 0. The van der Waals surface area contributed by atoms with Gasteiger partial charge in [0.2, 0.25) is 0 Å². The lowest BCUT2D eigenvalue weighted by molar-refractivity contribution is 1.18. The molecule has 7 aromatic carbocycles. The van der Waals surface area contributed by atoms with Gasteiger partial charge in [-0.1, -0.05) is 97.1 Å². The van der Waals surface area contributed by atoms with E-state index in [1.54, 1.807) is 0 Å². The number of para-hydroxylation sites is 3. The summed E-state index contributed by atoms with van der Waals surface area (Å²) in [6.07, 6.45) is 0. The van der Waals surface area contributed by atoms with Crippen LogP contribution in [0.2, 0.25) is 0 Å². The molecule has 0 saturated heterocycles. The fourth-order valence-electron chi connectivity index (χ4n) is 7.34.